The van der Waals surface area contributed by atoms with Gasteiger partial charge in [-0.2, -0.15) is 5.26 Å². The van der Waals surface area contributed by atoms with E-state index in [1.807, 2.05) is 13.0 Å². The number of nitrogens with two attached hydrogens (primary N) is 1. The number of fused-ring (bicyclic) bond motifs is 1. The average molecular weight is 400 g/mol. The molecule has 0 radical (unpaired) electrons. The Labute approximate surface area is 166 Å². The third-order valence-corrected chi connectivity index (χ3v) is 5.60. The number of allylic oxidation sites excluding steroid dienone is 1. The molecule has 1 aliphatic heterocycles. The fourth-order valence-corrected chi connectivity index (χ4v) is 4.40. The van der Waals surface area contributed by atoms with Gasteiger partial charge in [0.1, 0.15) is 28.7 Å². The van der Waals surface area contributed by atoms with E-state index < -0.39 is 11.9 Å². The van der Waals surface area contributed by atoms with Crippen LogP contribution in [0.5, 0.6) is 17.2 Å². The zero-order valence-corrected chi connectivity index (χ0v) is 16.8. The van der Waals surface area contributed by atoms with E-state index in [4.69, 9.17) is 24.7 Å². The van der Waals surface area contributed by atoms with E-state index in [0.29, 0.717) is 27.7 Å². The van der Waals surface area contributed by atoms with E-state index in [2.05, 4.69) is 6.07 Å². The summed E-state index contributed by atoms with van der Waals surface area (Å²) >= 11 is 1.37. The number of thiophene rings is 1. The highest BCUT2D eigenvalue weighted by atomic mass is 32.1. The first-order valence-corrected chi connectivity index (χ1v) is 9.38. The van der Waals surface area contributed by atoms with Crippen LogP contribution in [0.25, 0.3) is 0 Å². The standard InChI is InChI=1S/C20H20N2O5S/c1-5-26-20(23)15-10(2)28-18-16(13(9-21)19(22)27-17(15)18)12-7-6-11(24-3)8-14(12)25-4/h6-8,16H,5,22H2,1-4H3. The number of methoxy groups -OCH3 is 2. The van der Waals surface area contributed by atoms with Crippen LogP contribution in [0, 0.1) is 18.3 Å². The van der Waals surface area contributed by atoms with E-state index in [1.165, 1.54) is 11.3 Å². The Bertz CT molecular complexity index is 1000. The molecule has 2 aromatic rings. The molecule has 2 N–H and O–H groups in total. The highest BCUT2D eigenvalue weighted by molar-refractivity contribution is 7.12. The quantitative estimate of drug-likeness (QED) is 0.766. The van der Waals surface area contributed by atoms with Gasteiger partial charge in [-0.05, 0) is 19.9 Å². The molecule has 146 valence electrons. The number of aryl methyl sites for hydroxylation is 1. The van der Waals surface area contributed by atoms with Crippen LogP contribution in [0.2, 0.25) is 0 Å². The van der Waals surface area contributed by atoms with Crippen molar-refractivity contribution in [1.82, 2.24) is 0 Å². The Kier molecular flexibility index (Phi) is 5.47. The van der Waals surface area contributed by atoms with Crippen molar-refractivity contribution in [1.29, 1.82) is 5.26 Å². The summed E-state index contributed by atoms with van der Waals surface area (Å²) in [4.78, 5) is 13.9. The van der Waals surface area contributed by atoms with Gasteiger partial charge in [-0.1, -0.05) is 6.07 Å². The largest absolute Gasteiger partial charge is 0.497 e. The highest BCUT2D eigenvalue weighted by Crippen LogP contribution is 2.51. The summed E-state index contributed by atoms with van der Waals surface area (Å²) in [5.74, 6) is 0.452. The van der Waals surface area contributed by atoms with Crippen LogP contribution in [-0.2, 0) is 4.74 Å². The lowest BCUT2D eigenvalue weighted by molar-refractivity contribution is 0.0522. The molecule has 0 amide bonds. The number of benzene rings is 1. The van der Waals surface area contributed by atoms with Gasteiger partial charge in [-0.25, -0.2) is 4.79 Å². The van der Waals surface area contributed by atoms with E-state index in [0.717, 1.165) is 10.4 Å². The summed E-state index contributed by atoms with van der Waals surface area (Å²) in [7, 11) is 3.11. The molecule has 0 bridgehead atoms. The SMILES string of the molecule is CCOC(=O)c1c(C)sc2c1OC(N)=C(C#N)C2c1ccc(OC)cc1OC. The second-order valence-electron chi connectivity index (χ2n) is 5.98. The van der Waals surface area contributed by atoms with Gasteiger partial charge in [0.2, 0.25) is 5.88 Å². The van der Waals surface area contributed by atoms with Crippen molar-refractivity contribution in [3.63, 3.8) is 0 Å². The van der Waals surface area contributed by atoms with Crippen LogP contribution in [-0.4, -0.2) is 26.8 Å². The molecule has 0 aliphatic carbocycles. The molecule has 7 nitrogen and oxygen atoms in total. The number of hydrogen-bond acceptors (Lipinski definition) is 8. The zero-order valence-electron chi connectivity index (χ0n) is 16.0. The molecule has 0 saturated heterocycles. The number of rotatable bonds is 5. The Morgan fingerprint density at radius 3 is 2.71 bits per heavy atom. The van der Waals surface area contributed by atoms with Crippen LogP contribution < -0.4 is 19.9 Å². The second-order valence-corrected chi connectivity index (χ2v) is 7.24. The lowest BCUT2D eigenvalue weighted by Gasteiger charge is -2.25. The summed E-state index contributed by atoms with van der Waals surface area (Å²) in [5.41, 5.74) is 7.37. The molecule has 0 saturated carbocycles. The van der Waals surface area contributed by atoms with Crippen molar-refractivity contribution in [2.24, 2.45) is 5.73 Å². The van der Waals surface area contributed by atoms with Crippen LogP contribution in [0.1, 0.15) is 38.5 Å². The minimum atomic E-state index is -0.526. The van der Waals surface area contributed by atoms with Crippen molar-refractivity contribution >= 4 is 17.3 Å². The van der Waals surface area contributed by atoms with Gasteiger partial charge in [-0.15, -0.1) is 11.3 Å². The lowest BCUT2D eigenvalue weighted by Crippen LogP contribution is -2.21. The van der Waals surface area contributed by atoms with Gasteiger partial charge >= 0.3 is 5.97 Å². The normalized spacial score (nSPS) is 15.3. The van der Waals surface area contributed by atoms with E-state index in [1.54, 1.807) is 33.3 Å². The number of ether oxygens (including phenoxy) is 4. The van der Waals surface area contributed by atoms with Crippen LogP contribution >= 0.6 is 11.3 Å². The van der Waals surface area contributed by atoms with Gasteiger partial charge in [0, 0.05) is 16.5 Å². The number of carbonyl (C=O) groups is 1. The molecule has 28 heavy (non-hydrogen) atoms. The fourth-order valence-electron chi connectivity index (χ4n) is 3.19. The maximum atomic E-state index is 12.4. The van der Waals surface area contributed by atoms with Crippen molar-refractivity contribution in [3.8, 4) is 23.3 Å². The molecule has 1 unspecified atom stereocenters. The van der Waals surface area contributed by atoms with Crippen molar-refractivity contribution in [2.45, 2.75) is 19.8 Å². The minimum Gasteiger partial charge on any atom is -0.497 e. The second kappa shape index (κ2) is 7.82. The molecule has 1 aliphatic rings. The number of nitriles is 1. The first kappa shape index (κ1) is 19.6. The van der Waals surface area contributed by atoms with E-state index >= 15 is 0 Å². The number of nitrogens with zero attached hydrogens (tertiary/aromatic N) is 1. The fraction of sp³-hybridized carbons (Fsp3) is 0.300. The van der Waals surface area contributed by atoms with Crippen molar-refractivity contribution < 1.29 is 23.7 Å². The zero-order chi connectivity index (χ0) is 20.4. The Hall–Kier alpha value is -3.18. The maximum Gasteiger partial charge on any atom is 0.343 e. The van der Waals surface area contributed by atoms with Crippen molar-refractivity contribution in [3.05, 3.63) is 50.5 Å². The topological polar surface area (TPSA) is 104 Å². The van der Waals surface area contributed by atoms with Crippen LogP contribution in [0.15, 0.2) is 29.7 Å². The van der Waals surface area contributed by atoms with Crippen molar-refractivity contribution in [2.75, 3.05) is 20.8 Å². The van der Waals surface area contributed by atoms with Crippen LogP contribution in [0.3, 0.4) is 0 Å². The molecular formula is C20H20N2O5S. The summed E-state index contributed by atoms with van der Waals surface area (Å²) in [6.45, 7) is 3.79. The lowest BCUT2D eigenvalue weighted by atomic mass is 9.87. The summed E-state index contributed by atoms with van der Waals surface area (Å²) < 4.78 is 21.7. The summed E-state index contributed by atoms with van der Waals surface area (Å²) in [6.07, 6.45) is 0. The maximum absolute atomic E-state index is 12.4. The van der Waals surface area contributed by atoms with Gasteiger partial charge in [0.15, 0.2) is 5.75 Å². The summed E-state index contributed by atoms with van der Waals surface area (Å²) in [5, 5.41) is 9.73. The molecule has 0 fully saturated rings. The highest BCUT2D eigenvalue weighted by Gasteiger charge is 2.38. The number of carbonyl (C=O) groups excluding carboxylic acids is 1. The predicted octanol–water partition coefficient (Wildman–Crippen LogP) is 3.47. The molecule has 1 aromatic heterocycles. The Morgan fingerprint density at radius 2 is 2.11 bits per heavy atom. The number of esters is 1. The average Bonchev–Trinajstić information content (AvgIpc) is 3.01. The third-order valence-electron chi connectivity index (χ3n) is 4.45. The first-order valence-electron chi connectivity index (χ1n) is 8.56. The van der Waals surface area contributed by atoms with Gasteiger partial charge < -0.3 is 24.7 Å². The molecule has 3 rings (SSSR count). The summed E-state index contributed by atoms with van der Waals surface area (Å²) in [6, 6.07) is 7.48. The van der Waals surface area contributed by atoms with E-state index in [9.17, 15) is 10.1 Å². The monoisotopic (exact) mass is 400 g/mol. The van der Waals surface area contributed by atoms with Gasteiger partial charge in [-0.3, -0.25) is 0 Å². The molecule has 0 spiro atoms. The van der Waals surface area contributed by atoms with E-state index in [-0.39, 0.29) is 18.1 Å². The molecule has 8 heteroatoms. The molecule has 1 aromatic carbocycles. The number of hydrogen-bond donors (Lipinski definition) is 1. The first-order chi connectivity index (χ1) is 13.5. The Balaban J connectivity index is 2.24. The minimum absolute atomic E-state index is 0.0405. The van der Waals surface area contributed by atoms with Gasteiger partial charge in [0.05, 0.1) is 31.6 Å². The molecular weight excluding hydrogens is 380 g/mol. The smallest absolute Gasteiger partial charge is 0.343 e. The Morgan fingerprint density at radius 1 is 1.36 bits per heavy atom. The van der Waals surface area contributed by atoms with Crippen LogP contribution in [0.4, 0.5) is 0 Å². The molecule has 1 atom stereocenters. The third kappa shape index (κ3) is 3.14. The van der Waals surface area contributed by atoms with Gasteiger partial charge in [0.25, 0.3) is 0 Å². The molecule has 2 heterocycles. The predicted molar refractivity (Wildman–Crippen MR) is 104 cm³/mol.